The van der Waals surface area contributed by atoms with E-state index in [4.69, 9.17) is 4.42 Å². The number of nitrogens with zero attached hydrogens (tertiary/aromatic N) is 3. The van der Waals surface area contributed by atoms with E-state index in [9.17, 15) is 0 Å². The van der Waals surface area contributed by atoms with Gasteiger partial charge in [-0.15, -0.1) is 0 Å². The average molecular weight is 252 g/mol. The predicted octanol–water partition coefficient (Wildman–Crippen LogP) is 2.74. The Labute approximate surface area is 110 Å². The monoisotopic (exact) mass is 252 g/mol. The molecule has 1 aromatic carbocycles. The lowest BCUT2D eigenvalue weighted by Crippen LogP contribution is -2.01. The number of nitrogens with one attached hydrogen (secondary N) is 1. The quantitative estimate of drug-likeness (QED) is 0.773. The second-order valence-corrected chi connectivity index (χ2v) is 3.99. The van der Waals surface area contributed by atoms with Gasteiger partial charge in [-0.3, -0.25) is 9.97 Å². The Morgan fingerprint density at radius 3 is 2.58 bits per heavy atom. The second kappa shape index (κ2) is 5.30. The molecule has 0 bridgehead atoms. The molecule has 3 rings (SSSR count). The molecule has 1 N–H and O–H groups in total. The third-order valence-corrected chi connectivity index (χ3v) is 2.69. The molecule has 0 saturated heterocycles. The number of benzene rings is 1. The first-order valence-electron chi connectivity index (χ1n) is 5.89. The van der Waals surface area contributed by atoms with Crippen molar-refractivity contribution < 1.29 is 4.42 Å². The maximum atomic E-state index is 5.24. The Kier molecular flexibility index (Phi) is 3.18. The fourth-order valence-electron chi connectivity index (χ4n) is 1.72. The summed E-state index contributed by atoms with van der Waals surface area (Å²) in [6.45, 7) is 0.648. The zero-order valence-electron chi connectivity index (χ0n) is 10.2. The molecule has 5 heteroatoms. The lowest BCUT2D eigenvalue weighted by molar-refractivity contribution is 0.572. The second-order valence-electron chi connectivity index (χ2n) is 3.99. The van der Waals surface area contributed by atoms with Crippen LogP contribution in [-0.2, 0) is 6.54 Å². The zero-order valence-corrected chi connectivity index (χ0v) is 10.2. The molecule has 0 amide bonds. The van der Waals surface area contributed by atoms with Gasteiger partial charge in [0, 0.05) is 23.6 Å². The van der Waals surface area contributed by atoms with E-state index in [1.165, 1.54) is 6.39 Å². The molecule has 0 fully saturated rings. The lowest BCUT2D eigenvalue weighted by atomic mass is 10.1. The highest BCUT2D eigenvalue weighted by Gasteiger charge is 2.01. The number of rotatable bonds is 4. The maximum absolute atomic E-state index is 5.24. The van der Waals surface area contributed by atoms with Crippen LogP contribution in [0.2, 0.25) is 0 Å². The predicted molar refractivity (Wildman–Crippen MR) is 71.3 cm³/mol. The molecule has 0 unspecified atom stereocenters. The van der Waals surface area contributed by atoms with E-state index in [2.05, 4.69) is 20.3 Å². The highest BCUT2D eigenvalue weighted by atomic mass is 16.3. The van der Waals surface area contributed by atoms with Gasteiger partial charge in [0.05, 0.1) is 24.6 Å². The van der Waals surface area contributed by atoms with Crippen molar-refractivity contribution in [1.29, 1.82) is 0 Å². The van der Waals surface area contributed by atoms with Crippen molar-refractivity contribution in [3.8, 4) is 11.3 Å². The topological polar surface area (TPSA) is 63.8 Å². The number of hydrogen-bond acceptors (Lipinski definition) is 5. The molecule has 2 aromatic heterocycles. The first-order valence-corrected chi connectivity index (χ1v) is 5.89. The Morgan fingerprint density at radius 1 is 1.00 bits per heavy atom. The molecule has 3 aromatic rings. The van der Waals surface area contributed by atoms with Crippen molar-refractivity contribution >= 4 is 5.69 Å². The number of anilines is 1. The molecule has 0 aliphatic heterocycles. The van der Waals surface area contributed by atoms with Crippen LogP contribution in [0.25, 0.3) is 11.3 Å². The van der Waals surface area contributed by atoms with Crippen molar-refractivity contribution in [3.63, 3.8) is 0 Å². The number of hydrogen-bond donors (Lipinski definition) is 1. The van der Waals surface area contributed by atoms with Gasteiger partial charge in [-0.2, -0.15) is 0 Å². The van der Waals surface area contributed by atoms with Crippen molar-refractivity contribution in [3.05, 3.63) is 61.1 Å². The SMILES string of the molecule is c1cnc(CNc2ccc(-c3cnco3)cc2)cn1. The van der Waals surface area contributed by atoms with Crippen molar-refractivity contribution in [2.24, 2.45) is 0 Å². The molecule has 5 nitrogen and oxygen atoms in total. The molecule has 19 heavy (non-hydrogen) atoms. The molecule has 0 aliphatic rings. The van der Waals surface area contributed by atoms with Crippen LogP contribution < -0.4 is 5.32 Å². The number of aromatic nitrogens is 3. The summed E-state index contributed by atoms with van der Waals surface area (Å²) in [5.41, 5.74) is 2.93. The smallest absolute Gasteiger partial charge is 0.181 e. The number of oxazole rings is 1. The molecule has 0 spiro atoms. The third kappa shape index (κ3) is 2.77. The minimum atomic E-state index is 0.648. The lowest BCUT2D eigenvalue weighted by Gasteiger charge is -2.06. The van der Waals surface area contributed by atoms with Crippen molar-refractivity contribution in [2.75, 3.05) is 5.32 Å². The fraction of sp³-hybridized carbons (Fsp3) is 0.0714. The van der Waals surface area contributed by atoms with Crippen LogP contribution in [-0.4, -0.2) is 15.0 Å². The van der Waals surface area contributed by atoms with Gasteiger partial charge in [0.25, 0.3) is 0 Å². The van der Waals surface area contributed by atoms with Crippen molar-refractivity contribution in [2.45, 2.75) is 6.54 Å². The summed E-state index contributed by atoms with van der Waals surface area (Å²) in [7, 11) is 0. The van der Waals surface area contributed by atoms with Gasteiger partial charge < -0.3 is 9.73 Å². The van der Waals surface area contributed by atoms with E-state index in [1.54, 1.807) is 24.8 Å². The zero-order chi connectivity index (χ0) is 12.9. The summed E-state index contributed by atoms with van der Waals surface area (Å²) in [6.07, 6.45) is 8.22. The molecule has 0 aliphatic carbocycles. The molecular weight excluding hydrogens is 240 g/mol. The molecule has 0 atom stereocenters. The van der Waals surface area contributed by atoms with Gasteiger partial charge in [0.1, 0.15) is 0 Å². The third-order valence-electron chi connectivity index (χ3n) is 2.69. The van der Waals surface area contributed by atoms with E-state index >= 15 is 0 Å². The van der Waals surface area contributed by atoms with Gasteiger partial charge in [0.2, 0.25) is 0 Å². The first kappa shape index (κ1) is 11.4. The highest BCUT2D eigenvalue weighted by Crippen LogP contribution is 2.20. The van der Waals surface area contributed by atoms with E-state index in [0.29, 0.717) is 6.54 Å². The van der Waals surface area contributed by atoms with E-state index in [-0.39, 0.29) is 0 Å². The first-order chi connectivity index (χ1) is 9.42. The Bertz CT molecular complexity index is 620. The van der Waals surface area contributed by atoms with Crippen LogP contribution in [0.15, 0.2) is 59.9 Å². The minimum Gasteiger partial charge on any atom is -0.444 e. The Hall–Kier alpha value is -2.69. The maximum Gasteiger partial charge on any atom is 0.181 e. The van der Waals surface area contributed by atoms with E-state index < -0.39 is 0 Å². The van der Waals surface area contributed by atoms with E-state index in [0.717, 1.165) is 22.7 Å². The summed E-state index contributed by atoms with van der Waals surface area (Å²) >= 11 is 0. The molecule has 94 valence electrons. The van der Waals surface area contributed by atoms with Crippen LogP contribution in [0.4, 0.5) is 5.69 Å². The van der Waals surface area contributed by atoms with E-state index in [1.807, 2.05) is 24.3 Å². The van der Waals surface area contributed by atoms with Crippen LogP contribution >= 0.6 is 0 Å². The summed E-state index contributed by atoms with van der Waals surface area (Å²) in [6, 6.07) is 7.96. The van der Waals surface area contributed by atoms with Crippen molar-refractivity contribution in [1.82, 2.24) is 15.0 Å². The molecule has 0 radical (unpaired) electrons. The van der Waals surface area contributed by atoms with Crippen LogP contribution in [0.5, 0.6) is 0 Å². The van der Waals surface area contributed by atoms with Gasteiger partial charge in [-0.05, 0) is 24.3 Å². The van der Waals surface area contributed by atoms with Gasteiger partial charge >= 0.3 is 0 Å². The summed E-state index contributed by atoms with van der Waals surface area (Å²) < 4.78 is 5.24. The van der Waals surface area contributed by atoms with Gasteiger partial charge in [-0.25, -0.2) is 4.98 Å². The van der Waals surface area contributed by atoms with Gasteiger partial charge in [0.15, 0.2) is 12.2 Å². The molecular formula is C14H12N4O. The summed E-state index contributed by atoms with van der Waals surface area (Å²) in [5, 5.41) is 3.28. The van der Waals surface area contributed by atoms with Gasteiger partial charge in [-0.1, -0.05) is 0 Å². The fourth-order valence-corrected chi connectivity index (χ4v) is 1.72. The Balaban J connectivity index is 1.67. The molecule has 0 saturated carbocycles. The highest BCUT2D eigenvalue weighted by molar-refractivity contribution is 5.60. The average Bonchev–Trinajstić information content (AvgIpc) is 3.01. The normalized spacial score (nSPS) is 10.3. The van der Waals surface area contributed by atoms with Crippen LogP contribution in [0.3, 0.4) is 0 Å². The Morgan fingerprint density at radius 2 is 1.89 bits per heavy atom. The largest absolute Gasteiger partial charge is 0.444 e. The standard InChI is InChI=1S/C14H12N4O/c1-3-12(18-8-13-7-15-5-6-17-13)4-2-11(1)14-9-16-10-19-14/h1-7,9-10,18H,8H2. The van der Waals surface area contributed by atoms with Crippen LogP contribution in [0.1, 0.15) is 5.69 Å². The summed E-state index contributed by atoms with van der Waals surface area (Å²) in [5.74, 6) is 0.764. The summed E-state index contributed by atoms with van der Waals surface area (Å²) in [4.78, 5) is 12.1. The molecule has 2 heterocycles. The van der Waals surface area contributed by atoms with Crippen LogP contribution in [0, 0.1) is 0 Å². The minimum absolute atomic E-state index is 0.648.